The number of nitrogens with zero attached hydrogens (tertiary/aromatic N) is 2. The summed E-state index contributed by atoms with van der Waals surface area (Å²) in [6.07, 6.45) is -0.0489. The van der Waals surface area contributed by atoms with E-state index in [1.54, 1.807) is 12.0 Å². The van der Waals surface area contributed by atoms with Crippen LogP contribution < -0.4 is 4.74 Å². The van der Waals surface area contributed by atoms with E-state index in [4.69, 9.17) is 9.84 Å². The number of rotatable bonds is 5. The monoisotopic (exact) mass is 306 g/mol. The van der Waals surface area contributed by atoms with Crippen LogP contribution in [0.3, 0.4) is 0 Å². The normalized spacial score (nSPS) is 19.0. The summed E-state index contributed by atoms with van der Waals surface area (Å²) in [7, 11) is 3.67. The molecule has 0 spiro atoms. The third-order valence-corrected chi connectivity index (χ3v) is 4.05. The molecule has 1 atom stereocenters. The highest BCUT2D eigenvalue weighted by molar-refractivity contribution is 5.80. The lowest BCUT2D eigenvalue weighted by atomic mass is 10.0. The average molecular weight is 306 g/mol. The lowest BCUT2D eigenvalue weighted by Gasteiger charge is -2.39. The standard InChI is InChI=1S/C16H22N2O4/c1-17-9-10-18(15(19)7-8-16(20)21)11-14(17)12-3-5-13(22-2)6-4-12/h3-6,14H,7-11H2,1-2H3,(H,20,21)/t14-/m1/s1. The van der Waals surface area contributed by atoms with Gasteiger partial charge < -0.3 is 14.7 Å². The van der Waals surface area contributed by atoms with Crippen molar-refractivity contribution in [1.82, 2.24) is 9.80 Å². The summed E-state index contributed by atoms with van der Waals surface area (Å²) in [4.78, 5) is 26.7. The number of carbonyl (C=O) groups excluding carboxylic acids is 1. The number of piperazine rings is 1. The van der Waals surface area contributed by atoms with Gasteiger partial charge in [-0.3, -0.25) is 14.5 Å². The Kier molecular flexibility index (Phi) is 5.38. The highest BCUT2D eigenvalue weighted by Gasteiger charge is 2.28. The predicted octanol–water partition coefficient (Wildman–Crippen LogP) is 1.38. The molecule has 120 valence electrons. The Morgan fingerprint density at radius 3 is 2.50 bits per heavy atom. The summed E-state index contributed by atoms with van der Waals surface area (Å²) in [5.74, 6) is -0.222. The first-order chi connectivity index (χ1) is 10.5. The molecule has 0 saturated carbocycles. The Morgan fingerprint density at radius 2 is 1.91 bits per heavy atom. The molecule has 1 aliphatic heterocycles. The van der Waals surface area contributed by atoms with Crippen molar-refractivity contribution in [1.29, 1.82) is 0 Å². The molecule has 1 aromatic rings. The first-order valence-corrected chi connectivity index (χ1v) is 7.35. The van der Waals surface area contributed by atoms with Gasteiger partial charge in [-0.2, -0.15) is 0 Å². The summed E-state index contributed by atoms with van der Waals surface area (Å²) in [6.45, 7) is 2.00. The number of likely N-dealkylation sites (N-methyl/N-ethyl adjacent to an activating group) is 1. The third-order valence-electron chi connectivity index (χ3n) is 4.05. The zero-order valence-corrected chi connectivity index (χ0v) is 13.0. The summed E-state index contributed by atoms with van der Waals surface area (Å²) in [5.41, 5.74) is 1.12. The number of ether oxygens (including phenoxy) is 1. The molecular weight excluding hydrogens is 284 g/mol. The fraction of sp³-hybridized carbons (Fsp3) is 0.500. The number of amides is 1. The fourth-order valence-electron chi connectivity index (χ4n) is 2.66. The molecule has 6 heteroatoms. The number of benzene rings is 1. The van der Waals surface area contributed by atoms with Crippen LogP contribution in [0, 0.1) is 0 Å². The minimum Gasteiger partial charge on any atom is -0.497 e. The molecule has 1 fully saturated rings. The van der Waals surface area contributed by atoms with Gasteiger partial charge in [0.2, 0.25) is 5.91 Å². The zero-order chi connectivity index (χ0) is 16.1. The van der Waals surface area contributed by atoms with E-state index in [0.29, 0.717) is 13.1 Å². The lowest BCUT2D eigenvalue weighted by Crippen LogP contribution is -2.49. The number of hydrogen-bond donors (Lipinski definition) is 1. The molecule has 1 aromatic carbocycles. The molecule has 1 amide bonds. The van der Waals surface area contributed by atoms with Gasteiger partial charge in [0.1, 0.15) is 5.75 Å². The predicted molar refractivity (Wildman–Crippen MR) is 81.8 cm³/mol. The lowest BCUT2D eigenvalue weighted by molar-refractivity contribution is -0.141. The van der Waals surface area contributed by atoms with Gasteiger partial charge >= 0.3 is 5.97 Å². The van der Waals surface area contributed by atoms with Crippen molar-refractivity contribution in [2.75, 3.05) is 33.8 Å². The topological polar surface area (TPSA) is 70.1 Å². The van der Waals surface area contributed by atoms with Gasteiger partial charge in [0.25, 0.3) is 0 Å². The van der Waals surface area contributed by atoms with Crippen LogP contribution in [-0.2, 0) is 9.59 Å². The van der Waals surface area contributed by atoms with Crippen molar-refractivity contribution in [3.63, 3.8) is 0 Å². The van der Waals surface area contributed by atoms with Crippen LogP contribution in [0.1, 0.15) is 24.4 Å². The molecule has 1 saturated heterocycles. The van der Waals surface area contributed by atoms with Crippen molar-refractivity contribution < 1.29 is 19.4 Å². The van der Waals surface area contributed by atoms with E-state index in [-0.39, 0.29) is 24.8 Å². The van der Waals surface area contributed by atoms with Crippen LogP contribution in [0.4, 0.5) is 0 Å². The molecule has 0 unspecified atom stereocenters. The first kappa shape index (κ1) is 16.3. The molecule has 2 rings (SSSR count). The molecular formula is C16H22N2O4. The van der Waals surface area contributed by atoms with Crippen LogP contribution in [0.15, 0.2) is 24.3 Å². The molecule has 0 aliphatic carbocycles. The average Bonchev–Trinajstić information content (AvgIpc) is 2.53. The Labute approximate surface area is 130 Å². The van der Waals surface area contributed by atoms with Crippen LogP contribution in [-0.4, -0.2) is 60.6 Å². The number of carboxylic acids is 1. The quantitative estimate of drug-likeness (QED) is 0.890. The summed E-state index contributed by atoms with van der Waals surface area (Å²) in [6, 6.07) is 7.95. The van der Waals surface area contributed by atoms with Gasteiger partial charge in [-0.15, -0.1) is 0 Å². The highest BCUT2D eigenvalue weighted by atomic mass is 16.5. The Hall–Kier alpha value is -2.08. The van der Waals surface area contributed by atoms with Gasteiger partial charge in [-0.05, 0) is 24.7 Å². The van der Waals surface area contributed by atoms with Crippen molar-refractivity contribution in [2.24, 2.45) is 0 Å². The summed E-state index contributed by atoms with van der Waals surface area (Å²) >= 11 is 0. The van der Waals surface area contributed by atoms with Gasteiger partial charge in [0.15, 0.2) is 0 Å². The van der Waals surface area contributed by atoms with E-state index in [0.717, 1.165) is 17.9 Å². The Morgan fingerprint density at radius 1 is 1.23 bits per heavy atom. The molecule has 22 heavy (non-hydrogen) atoms. The van der Waals surface area contributed by atoms with E-state index < -0.39 is 5.97 Å². The van der Waals surface area contributed by atoms with Crippen molar-refractivity contribution in [3.05, 3.63) is 29.8 Å². The number of methoxy groups -OCH3 is 1. The van der Waals surface area contributed by atoms with E-state index in [1.165, 1.54) is 0 Å². The van der Waals surface area contributed by atoms with E-state index in [2.05, 4.69) is 4.90 Å². The van der Waals surface area contributed by atoms with Crippen molar-refractivity contribution >= 4 is 11.9 Å². The van der Waals surface area contributed by atoms with E-state index in [9.17, 15) is 9.59 Å². The molecule has 0 aromatic heterocycles. The van der Waals surface area contributed by atoms with Gasteiger partial charge in [0.05, 0.1) is 19.6 Å². The second kappa shape index (κ2) is 7.26. The number of carboxylic acid groups (broad SMARTS) is 1. The summed E-state index contributed by atoms with van der Waals surface area (Å²) in [5, 5.41) is 8.69. The number of aliphatic carboxylic acids is 1. The minimum absolute atomic E-state index is 0.0639. The second-order valence-corrected chi connectivity index (χ2v) is 5.50. The van der Waals surface area contributed by atoms with Gasteiger partial charge in [0, 0.05) is 26.1 Å². The maximum atomic E-state index is 12.1. The van der Waals surface area contributed by atoms with Gasteiger partial charge in [-0.1, -0.05) is 12.1 Å². The summed E-state index contributed by atoms with van der Waals surface area (Å²) < 4.78 is 5.16. The van der Waals surface area contributed by atoms with Crippen LogP contribution in [0.25, 0.3) is 0 Å². The third kappa shape index (κ3) is 3.98. The van der Waals surface area contributed by atoms with Crippen molar-refractivity contribution in [2.45, 2.75) is 18.9 Å². The molecule has 1 N–H and O–H groups in total. The Balaban J connectivity index is 2.03. The molecule has 0 bridgehead atoms. The molecule has 0 radical (unpaired) electrons. The van der Waals surface area contributed by atoms with Gasteiger partial charge in [-0.25, -0.2) is 0 Å². The smallest absolute Gasteiger partial charge is 0.303 e. The Bertz CT molecular complexity index is 529. The minimum atomic E-state index is -0.936. The largest absolute Gasteiger partial charge is 0.497 e. The van der Waals surface area contributed by atoms with E-state index in [1.807, 2.05) is 31.3 Å². The SMILES string of the molecule is COc1ccc([C@H]2CN(C(=O)CCC(=O)O)CCN2C)cc1. The maximum absolute atomic E-state index is 12.1. The van der Waals surface area contributed by atoms with Crippen LogP contribution in [0.2, 0.25) is 0 Å². The highest BCUT2D eigenvalue weighted by Crippen LogP contribution is 2.26. The molecule has 6 nitrogen and oxygen atoms in total. The zero-order valence-electron chi connectivity index (χ0n) is 13.0. The van der Waals surface area contributed by atoms with Crippen LogP contribution >= 0.6 is 0 Å². The van der Waals surface area contributed by atoms with E-state index >= 15 is 0 Å². The second-order valence-electron chi connectivity index (χ2n) is 5.50. The fourth-order valence-corrected chi connectivity index (χ4v) is 2.66. The number of hydrogen-bond acceptors (Lipinski definition) is 4. The first-order valence-electron chi connectivity index (χ1n) is 7.35. The molecule has 1 heterocycles. The molecule has 1 aliphatic rings. The number of carbonyl (C=O) groups is 2. The van der Waals surface area contributed by atoms with Crippen LogP contribution in [0.5, 0.6) is 5.75 Å². The maximum Gasteiger partial charge on any atom is 0.303 e. The van der Waals surface area contributed by atoms with Crippen molar-refractivity contribution in [3.8, 4) is 5.75 Å².